The molecule has 0 unspecified atom stereocenters. The van der Waals surface area contributed by atoms with E-state index in [2.05, 4.69) is 13.8 Å². The van der Waals surface area contributed by atoms with Gasteiger partial charge in [0.05, 0.1) is 0 Å². The van der Waals surface area contributed by atoms with Crippen molar-refractivity contribution in [3.8, 4) is 0 Å². The first kappa shape index (κ1) is 13.7. The SMILES string of the molecule is CCCCCO[Te]OCCCCC. The van der Waals surface area contributed by atoms with E-state index in [-0.39, 0.29) is 0 Å². The molecular formula is C10H22O2Te. The fourth-order valence-electron chi connectivity index (χ4n) is 0.924. The molecule has 3 heteroatoms. The summed E-state index contributed by atoms with van der Waals surface area (Å²) in [6.07, 6.45) is 7.48. The van der Waals surface area contributed by atoms with Crippen LogP contribution in [0, 0.1) is 0 Å². The molecule has 13 heavy (non-hydrogen) atoms. The van der Waals surface area contributed by atoms with Gasteiger partial charge in [-0.2, -0.15) is 0 Å². The summed E-state index contributed by atoms with van der Waals surface area (Å²) < 4.78 is 10.8. The van der Waals surface area contributed by atoms with Crippen LogP contribution >= 0.6 is 0 Å². The molecule has 0 radical (unpaired) electrons. The molecule has 0 aromatic heterocycles. The summed E-state index contributed by atoms with van der Waals surface area (Å²) in [5, 5.41) is 0. The van der Waals surface area contributed by atoms with Crippen LogP contribution in [0.5, 0.6) is 0 Å². The maximum absolute atomic E-state index is 5.42. The molecule has 0 heterocycles. The zero-order valence-electron chi connectivity index (χ0n) is 8.88. The Hall–Kier alpha value is 0.710. The third-order valence-corrected chi connectivity index (χ3v) is 3.26. The van der Waals surface area contributed by atoms with Crippen molar-refractivity contribution in [1.82, 2.24) is 0 Å². The Morgan fingerprint density at radius 1 is 0.769 bits per heavy atom. The second-order valence-electron chi connectivity index (χ2n) is 3.13. The predicted molar refractivity (Wildman–Crippen MR) is 56.7 cm³/mol. The van der Waals surface area contributed by atoms with Gasteiger partial charge in [0.15, 0.2) is 0 Å². The molecular weight excluding hydrogens is 280 g/mol. The Kier molecular flexibility index (Phi) is 13.4. The molecule has 0 aromatic rings. The van der Waals surface area contributed by atoms with Crippen molar-refractivity contribution in [3.63, 3.8) is 0 Å². The van der Waals surface area contributed by atoms with E-state index < -0.39 is 21.7 Å². The van der Waals surface area contributed by atoms with Crippen LogP contribution in [-0.2, 0) is 6.20 Å². The number of hydrogen-bond acceptors (Lipinski definition) is 2. The number of hydrogen-bond donors (Lipinski definition) is 0. The molecule has 0 aromatic carbocycles. The van der Waals surface area contributed by atoms with Gasteiger partial charge in [0, 0.05) is 0 Å². The van der Waals surface area contributed by atoms with Gasteiger partial charge < -0.3 is 0 Å². The van der Waals surface area contributed by atoms with Gasteiger partial charge in [-0.25, -0.2) is 0 Å². The Bertz CT molecular complexity index is 79.0. The van der Waals surface area contributed by atoms with Crippen LogP contribution in [0.15, 0.2) is 0 Å². The van der Waals surface area contributed by atoms with E-state index >= 15 is 0 Å². The summed E-state index contributed by atoms with van der Waals surface area (Å²) in [6.45, 7) is 6.23. The van der Waals surface area contributed by atoms with Crippen LogP contribution < -0.4 is 0 Å². The first-order valence-corrected chi connectivity index (χ1v) is 7.23. The summed E-state index contributed by atoms with van der Waals surface area (Å²) in [6, 6.07) is 0. The number of unbranched alkanes of at least 4 members (excludes halogenated alkanes) is 4. The topological polar surface area (TPSA) is 18.5 Å². The molecule has 80 valence electrons. The Morgan fingerprint density at radius 3 is 1.62 bits per heavy atom. The van der Waals surface area contributed by atoms with Gasteiger partial charge in [0.2, 0.25) is 0 Å². The molecule has 0 saturated carbocycles. The second kappa shape index (κ2) is 12.7. The van der Waals surface area contributed by atoms with Crippen LogP contribution in [0.3, 0.4) is 0 Å². The summed E-state index contributed by atoms with van der Waals surface area (Å²) in [7, 11) is 0. The summed E-state index contributed by atoms with van der Waals surface area (Å²) in [5.41, 5.74) is 0. The zero-order valence-corrected chi connectivity index (χ0v) is 11.2. The summed E-state index contributed by atoms with van der Waals surface area (Å²) in [4.78, 5) is 0. The molecule has 0 rings (SSSR count). The van der Waals surface area contributed by atoms with Gasteiger partial charge in [0.25, 0.3) is 0 Å². The first-order chi connectivity index (χ1) is 6.41. The normalized spacial score (nSPS) is 10.6. The Labute approximate surface area is 93.5 Å². The average molecular weight is 302 g/mol. The van der Waals surface area contributed by atoms with E-state index in [9.17, 15) is 0 Å². The quantitative estimate of drug-likeness (QED) is 0.456. The fourth-order valence-corrected chi connectivity index (χ4v) is 2.18. The minimum atomic E-state index is -0.573. The van der Waals surface area contributed by atoms with E-state index in [1.807, 2.05) is 0 Å². The van der Waals surface area contributed by atoms with Crippen LogP contribution in [-0.4, -0.2) is 35.0 Å². The van der Waals surface area contributed by atoms with Crippen LogP contribution in [0.4, 0.5) is 0 Å². The molecule has 0 spiro atoms. The second-order valence-corrected chi connectivity index (χ2v) is 4.86. The standard InChI is InChI=1S/C10H22O2Te/c1-3-5-7-9-11-13-12-10-8-6-4-2/h3-10H2,1-2H3. The van der Waals surface area contributed by atoms with Gasteiger partial charge >= 0.3 is 93.5 Å². The maximum atomic E-state index is 5.42. The van der Waals surface area contributed by atoms with Crippen LogP contribution in [0.25, 0.3) is 0 Å². The van der Waals surface area contributed by atoms with Crippen molar-refractivity contribution in [2.75, 3.05) is 13.2 Å². The molecule has 0 N–H and O–H groups in total. The van der Waals surface area contributed by atoms with Gasteiger partial charge in [-0.3, -0.25) is 0 Å². The molecule has 0 bridgehead atoms. The van der Waals surface area contributed by atoms with Crippen molar-refractivity contribution < 1.29 is 6.20 Å². The number of rotatable bonds is 10. The monoisotopic (exact) mass is 304 g/mol. The van der Waals surface area contributed by atoms with E-state index in [0.29, 0.717) is 0 Å². The zero-order chi connectivity index (χ0) is 9.78. The van der Waals surface area contributed by atoms with E-state index in [4.69, 9.17) is 6.20 Å². The summed E-state index contributed by atoms with van der Waals surface area (Å²) >= 11 is -0.573. The van der Waals surface area contributed by atoms with Crippen molar-refractivity contribution in [2.45, 2.75) is 52.4 Å². The molecule has 0 aliphatic heterocycles. The fraction of sp³-hybridized carbons (Fsp3) is 1.00. The van der Waals surface area contributed by atoms with Crippen molar-refractivity contribution in [2.24, 2.45) is 0 Å². The van der Waals surface area contributed by atoms with Crippen molar-refractivity contribution in [3.05, 3.63) is 0 Å². The van der Waals surface area contributed by atoms with Gasteiger partial charge in [-0.15, -0.1) is 0 Å². The summed E-state index contributed by atoms with van der Waals surface area (Å²) in [5.74, 6) is 0. The molecule has 0 amide bonds. The van der Waals surface area contributed by atoms with E-state index in [1.165, 1.54) is 38.5 Å². The predicted octanol–water partition coefficient (Wildman–Crippen LogP) is 2.93. The van der Waals surface area contributed by atoms with E-state index in [0.717, 1.165) is 13.2 Å². The van der Waals surface area contributed by atoms with Gasteiger partial charge in [-0.05, 0) is 0 Å². The molecule has 0 fully saturated rings. The van der Waals surface area contributed by atoms with Crippen molar-refractivity contribution >= 4 is 21.7 Å². The molecule has 0 aliphatic rings. The minimum absolute atomic E-state index is 0.573. The molecule has 0 atom stereocenters. The Morgan fingerprint density at radius 2 is 1.23 bits per heavy atom. The van der Waals surface area contributed by atoms with Crippen LogP contribution in [0.1, 0.15) is 52.4 Å². The van der Waals surface area contributed by atoms with Gasteiger partial charge in [-0.1, -0.05) is 0 Å². The van der Waals surface area contributed by atoms with E-state index in [1.54, 1.807) is 0 Å². The molecule has 0 aliphatic carbocycles. The molecule has 2 nitrogen and oxygen atoms in total. The average Bonchev–Trinajstić information content (AvgIpc) is 2.16. The third kappa shape index (κ3) is 12.7. The Balaban J connectivity index is 2.76. The third-order valence-electron chi connectivity index (χ3n) is 1.76. The van der Waals surface area contributed by atoms with Gasteiger partial charge in [0.1, 0.15) is 0 Å². The van der Waals surface area contributed by atoms with Crippen LogP contribution in [0.2, 0.25) is 0 Å². The first-order valence-electron chi connectivity index (χ1n) is 5.32. The van der Waals surface area contributed by atoms with Crippen molar-refractivity contribution in [1.29, 1.82) is 0 Å². The molecule has 0 saturated heterocycles.